The van der Waals surface area contributed by atoms with Crippen LogP contribution in [-0.4, -0.2) is 29.3 Å². The Morgan fingerprint density at radius 3 is 2.51 bits per heavy atom. The molecule has 39 heavy (non-hydrogen) atoms. The van der Waals surface area contributed by atoms with Gasteiger partial charge in [-0.05, 0) is 61.0 Å². The molecule has 0 fully saturated rings. The number of anilines is 4. The van der Waals surface area contributed by atoms with Crippen LogP contribution in [0.25, 0.3) is 11.3 Å². The number of sulfonamides is 1. The lowest BCUT2D eigenvalue weighted by atomic mass is 10.1. The molecule has 0 aliphatic carbocycles. The van der Waals surface area contributed by atoms with Crippen molar-refractivity contribution in [2.24, 2.45) is 0 Å². The average Bonchev–Trinajstić information content (AvgIpc) is 2.90. The van der Waals surface area contributed by atoms with E-state index in [-0.39, 0.29) is 17.2 Å². The Labute approximate surface area is 221 Å². The van der Waals surface area contributed by atoms with Crippen LogP contribution in [0.15, 0.2) is 85.2 Å². The predicted molar refractivity (Wildman–Crippen MR) is 142 cm³/mol. The number of pyridine rings is 1. The number of halogens is 3. The largest absolute Gasteiger partial charge is 0.418 e. The number of benzene rings is 2. The van der Waals surface area contributed by atoms with Gasteiger partial charge in [0, 0.05) is 46.5 Å². The summed E-state index contributed by atoms with van der Waals surface area (Å²) in [4.78, 5) is 25.7. The molecule has 13 heteroatoms. The molecule has 0 unspecified atom stereocenters. The maximum atomic E-state index is 13.6. The lowest BCUT2D eigenvalue weighted by Crippen LogP contribution is -2.17. The van der Waals surface area contributed by atoms with E-state index in [2.05, 4.69) is 32.2 Å². The molecule has 2 aromatic heterocycles. The minimum Gasteiger partial charge on any atom is -0.324 e. The maximum Gasteiger partial charge on any atom is 0.418 e. The first kappa shape index (κ1) is 27.3. The van der Waals surface area contributed by atoms with Crippen molar-refractivity contribution in [3.8, 4) is 11.3 Å². The number of rotatable bonds is 8. The normalized spacial score (nSPS) is 11.5. The molecule has 200 valence electrons. The summed E-state index contributed by atoms with van der Waals surface area (Å²) < 4.78 is 66.0. The van der Waals surface area contributed by atoms with Crippen LogP contribution in [0.1, 0.15) is 21.5 Å². The van der Waals surface area contributed by atoms with Crippen LogP contribution >= 0.6 is 0 Å². The maximum absolute atomic E-state index is 13.6. The molecule has 0 aliphatic rings. The number of amides is 1. The third kappa shape index (κ3) is 6.76. The van der Waals surface area contributed by atoms with Crippen LogP contribution in [0.2, 0.25) is 0 Å². The quantitative estimate of drug-likeness (QED) is 0.253. The number of carbonyl (C=O) groups is 1. The summed E-state index contributed by atoms with van der Waals surface area (Å²) in [5.74, 6) is -0.417. The van der Waals surface area contributed by atoms with E-state index in [1.54, 1.807) is 48.4 Å². The highest BCUT2D eigenvalue weighted by atomic mass is 32.2. The van der Waals surface area contributed by atoms with Gasteiger partial charge in [-0.15, -0.1) is 0 Å². The van der Waals surface area contributed by atoms with Gasteiger partial charge in [-0.3, -0.25) is 14.5 Å². The fraction of sp³-hybridized carbons (Fsp3) is 0.0769. The molecule has 0 saturated carbocycles. The molecule has 0 bridgehead atoms. The van der Waals surface area contributed by atoms with E-state index < -0.39 is 33.4 Å². The van der Waals surface area contributed by atoms with Crippen LogP contribution in [0, 0.1) is 6.92 Å². The molecule has 3 N–H and O–H groups in total. The van der Waals surface area contributed by atoms with Crippen molar-refractivity contribution in [2.75, 3.05) is 15.4 Å². The number of carbonyl (C=O) groups excluding carboxylic acids is 1. The SMILES string of the molecule is C=CS(=O)(=O)Nc1ccc(NC(=O)c2ccc(C)c(Nc3nccc(-c4cccnc4)n3)c2)cc1C(F)(F)F. The van der Waals surface area contributed by atoms with Gasteiger partial charge in [0.2, 0.25) is 5.95 Å². The van der Waals surface area contributed by atoms with Gasteiger partial charge in [0.25, 0.3) is 15.9 Å². The smallest absolute Gasteiger partial charge is 0.324 e. The minimum absolute atomic E-state index is 0.150. The van der Waals surface area contributed by atoms with Gasteiger partial charge in [0.15, 0.2) is 0 Å². The fourth-order valence-electron chi connectivity index (χ4n) is 3.46. The number of aromatic nitrogens is 3. The molecule has 2 heterocycles. The Morgan fingerprint density at radius 1 is 1.03 bits per heavy atom. The average molecular weight is 555 g/mol. The molecular formula is C26H21F3N6O3S. The van der Waals surface area contributed by atoms with Gasteiger partial charge in [-0.25, -0.2) is 18.4 Å². The monoisotopic (exact) mass is 554 g/mol. The zero-order chi connectivity index (χ0) is 28.2. The zero-order valence-corrected chi connectivity index (χ0v) is 21.1. The second-order valence-electron chi connectivity index (χ2n) is 8.19. The highest BCUT2D eigenvalue weighted by Crippen LogP contribution is 2.37. The standard InChI is InChI=1S/C26H21F3N6O3S/c1-3-39(37,38)35-22-9-8-19(14-20(22)26(27,28)29)32-24(36)17-7-6-16(2)23(13-17)34-25-31-12-10-21(33-25)18-5-4-11-30-15-18/h3-15,35H,1H2,2H3,(H,32,36)(H,31,33,34). The molecule has 0 aliphatic heterocycles. The van der Waals surface area contributed by atoms with Crippen LogP contribution in [0.4, 0.5) is 36.2 Å². The van der Waals surface area contributed by atoms with E-state index in [0.717, 1.165) is 23.3 Å². The first-order valence-electron chi connectivity index (χ1n) is 11.2. The topological polar surface area (TPSA) is 126 Å². The molecule has 4 aromatic rings. The Bertz CT molecular complexity index is 1640. The Morgan fingerprint density at radius 2 is 1.82 bits per heavy atom. The molecule has 4 rings (SSSR count). The van der Waals surface area contributed by atoms with E-state index in [9.17, 15) is 26.4 Å². The van der Waals surface area contributed by atoms with Crippen molar-refractivity contribution in [2.45, 2.75) is 13.1 Å². The Balaban J connectivity index is 1.57. The summed E-state index contributed by atoms with van der Waals surface area (Å²) in [6.45, 7) is 4.86. The number of hydrogen-bond donors (Lipinski definition) is 3. The van der Waals surface area contributed by atoms with Gasteiger partial charge < -0.3 is 10.6 Å². The number of alkyl halides is 3. The molecule has 0 spiro atoms. The number of hydrogen-bond acceptors (Lipinski definition) is 7. The molecule has 0 saturated heterocycles. The van der Waals surface area contributed by atoms with Gasteiger partial charge in [-0.1, -0.05) is 12.6 Å². The van der Waals surface area contributed by atoms with E-state index in [1.807, 2.05) is 6.07 Å². The van der Waals surface area contributed by atoms with Crippen molar-refractivity contribution in [3.63, 3.8) is 0 Å². The molecule has 1 amide bonds. The van der Waals surface area contributed by atoms with Crippen molar-refractivity contribution in [1.82, 2.24) is 15.0 Å². The first-order valence-corrected chi connectivity index (χ1v) is 12.8. The van der Waals surface area contributed by atoms with Gasteiger partial charge in [0.1, 0.15) is 0 Å². The van der Waals surface area contributed by atoms with Crippen molar-refractivity contribution in [3.05, 3.63) is 102 Å². The molecule has 0 atom stereocenters. The summed E-state index contributed by atoms with van der Waals surface area (Å²) in [5, 5.41) is 5.97. The van der Waals surface area contributed by atoms with Crippen molar-refractivity contribution >= 4 is 38.9 Å². The zero-order valence-electron chi connectivity index (χ0n) is 20.3. The van der Waals surface area contributed by atoms with Crippen LogP contribution < -0.4 is 15.4 Å². The van der Waals surface area contributed by atoms with Gasteiger partial charge >= 0.3 is 6.18 Å². The molecule has 2 aromatic carbocycles. The second kappa shape index (κ2) is 10.9. The van der Waals surface area contributed by atoms with Crippen molar-refractivity contribution in [1.29, 1.82) is 0 Å². The summed E-state index contributed by atoms with van der Waals surface area (Å²) in [7, 11) is -4.18. The number of nitrogens with zero attached hydrogens (tertiary/aromatic N) is 3. The third-order valence-corrected chi connectivity index (χ3v) is 6.36. The van der Waals surface area contributed by atoms with Crippen LogP contribution in [-0.2, 0) is 16.2 Å². The lowest BCUT2D eigenvalue weighted by molar-refractivity contribution is -0.136. The van der Waals surface area contributed by atoms with Gasteiger partial charge in [-0.2, -0.15) is 13.2 Å². The van der Waals surface area contributed by atoms with Crippen LogP contribution in [0.3, 0.4) is 0 Å². The highest BCUT2D eigenvalue weighted by Gasteiger charge is 2.35. The third-order valence-electron chi connectivity index (χ3n) is 5.41. The summed E-state index contributed by atoms with van der Waals surface area (Å²) >= 11 is 0. The molecule has 0 radical (unpaired) electrons. The fourth-order valence-corrected chi connectivity index (χ4v) is 4.02. The second-order valence-corrected chi connectivity index (χ2v) is 9.82. The minimum atomic E-state index is -4.90. The van der Waals surface area contributed by atoms with E-state index in [0.29, 0.717) is 22.9 Å². The van der Waals surface area contributed by atoms with E-state index in [4.69, 9.17) is 0 Å². The molecule has 9 nitrogen and oxygen atoms in total. The first-order chi connectivity index (χ1) is 18.4. The molecular weight excluding hydrogens is 533 g/mol. The number of nitrogens with one attached hydrogen (secondary N) is 3. The Hall–Kier alpha value is -4.78. The Kier molecular flexibility index (Phi) is 7.63. The van der Waals surface area contributed by atoms with Crippen molar-refractivity contribution < 1.29 is 26.4 Å². The van der Waals surface area contributed by atoms with Crippen LogP contribution in [0.5, 0.6) is 0 Å². The van der Waals surface area contributed by atoms with Gasteiger partial charge in [0.05, 0.1) is 16.9 Å². The highest BCUT2D eigenvalue weighted by molar-refractivity contribution is 7.95. The summed E-state index contributed by atoms with van der Waals surface area (Å²) in [6, 6.07) is 12.7. The van der Waals surface area contributed by atoms with E-state index in [1.165, 1.54) is 12.1 Å². The predicted octanol–water partition coefficient (Wildman–Crippen LogP) is 5.75. The lowest BCUT2D eigenvalue weighted by Gasteiger charge is -2.16. The van der Waals surface area contributed by atoms with E-state index >= 15 is 0 Å². The number of aryl methyl sites for hydroxylation is 1. The summed E-state index contributed by atoms with van der Waals surface area (Å²) in [6.07, 6.45) is -0.0224. The summed E-state index contributed by atoms with van der Waals surface area (Å²) in [5.41, 5.74) is 0.684.